The highest BCUT2D eigenvalue weighted by atomic mass is 32.2. The fourth-order valence-corrected chi connectivity index (χ4v) is 2.31. The molecule has 0 saturated carbocycles. The van der Waals surface area contributed by atoms with E-state index in [-0.39, 0.29) is 5.97 Å². The van der Waals surface area contributed by atoms with Crippen molar-refractivity contribution in [3.8, 4) is 0 Å². The Balaban J connectivity index is 1.96. The van der Waals surface area contributed by atoms with Gasteiger partial charge in [-0.15, -0.1) is 11.8 Å². The van der Waals surface area contributed by atoms with Crippen LogP contribution >= 0.6 is 11.8 Å². The van der Waals surface area contributed by atoms with Crippen molar-refractivity contribution in [2.24, 2.45) is 0 Å². The minimum absolute atomic E-state index is 0.284. The molecule has 0 saturated heterocycles. The molecule has 0 N–H and O–H groups in total. The van der Waals surface area contributed by atoms with Crippen LogP contribution in [0.15, 0.2) is 47.4 Å². The van der Waals surface area contributed by atoms with Gasteiger partial charge in [-0.3, -0.25) is 0 Å². The summed E-state index contributed by atoms with van der Waals surface area (Å²) >= 11 is 1.87. The maximum absolute atomic E-state index is 11.1. The van der Waals surface area contributed by atoms with Crippen LogP contribution in [0.25, 0.3) is 0 Å². The van der Waals surface area contributed by atoms with Crippen molar-refractivity contribution < 1.29 is 9.53 Å². The van der Waals surface area contributed by atoms with Gasteiger partial charge in [-0.2, -0.15) is 0 Å². The van der Waals surface area contributed by atoms with Crippen molar-refractivity contribution in [1.82, 2.24) is 0 Å². The Labute approximate surface area is 113 Å². The minimum Gasteiger partial charge on any atom is -0.462 e. The van der Waals surface area contributed by atoms with E-state index in [2.05, 4.69) is 30.8 Å². The molecule has 1 aromatic rings. The molecule has 1 aromatic carbocycles. The average Bonchev–Trinajstić information content (AvgIpc) is 2.38. The first-order valence-electron chi connectivity index (χ1n) is 6.20. The molecule has 98 valence electrons. The molecule has 0 atom stereocenters. The summed E-state index contributed by atoms with van der Waals surface area (Å²) in [5, 5.41) is 0. The zero-order valence-corrected chi connectivity index (χ0v) is 11.7. The number of thioether (sulfide) groups is 1. The third kappa shape index (κ3) is 6.50. The Bertz CT molecular complexity index is 373. The number of esters is 1. The molecule has 0 unspecified atom stereocenters. The zero-order valence-electron chi connectivity index (χ0n) is 10.9. The van der Waals surface area contributed by atoms with Crippen LogP contribution < -0.4 is 0 Å². The Kier molecular flexibility index (Phi) is 7.26. The predicted molar refractivity (Wildman–Crippen MR) is 76.8 cm³/mol. The lowest BCUT2D eigenvalue weighted by atomic mass is 10.3. The third-order valence-electron chi connectivity index (χ3n) is 2.38. The van der Waals surface area contributed by atoms with Gasteiger partial charge < -0.3 is 4.74 Å². The lowest BCUT2D eigenvalue weighted by molar-refractivity contribution is -0.139. The van der Waals surface area contributed by atoms with Gasteiger partial charge >= 0.3 is 5.97 Å². The van der Waals surface area contributed by atoms with Gasteiger partial charge in [0.15, 0.2) is 0 Å². The molecule has 0 aliphatic heterocycles. The molecule has 18 heavy (non-hydrogen) atoms. The van der Waals surface area contributed by atoms with E-state index in [0.717, 1.165) is 25.0 Å². The second-order valence-electron chi connectivity index (χ2n) is 4.14. The highest BCUT2D eigenvalue weighted by Crippen LogP contribution is 2.18. The Hall–Kier alpha value is -1.22. The Morgan fingerprint density at radius 3 is 2.61 bits per heavy atom. The van der Waals surface area contributed by atoms with Gasteiger partial charge in [-0.25, -0.2) is 4.79 Å². The fourth-order valence-electron chi connectivity index (χ4n) is 1.38. The minimum atomic E-state index is -0.284. The molecule has 2 nitrogen and oxygen atoms in total. The molecule has 0 aliphatic rings. The van der Waals surface area contributed by atoms with Crippen molar-refractivity contribution in [3.05, 3.63) is 42.5 Å². The van der Waals surface area contributed by atoms with Crippen LogP contribution in [0.3, 0.4) is 0 Å². The van der Waals surface area contributed by atoms with Crippen LogP contribution in [0.1, 0.15) is 26.2 Å². The topological polar surface area (TPSA) is 26.3 Å². The van der Waals surface area contributed by atoms with Gasteiger partial charge in [-0.05, 0) is 44.1 Å². The van der Waals surface area contributed by atoms with Crippen LogP contribution in [-0.4, -0.2) is 18.3 Å². The largest absolute Gasteiger partial charge is 0.462 e. The van der Waals surface area contributed by atoms with Gasteiger partial charge in [0.05, 0.1) is 6.61 Å². The number of hydrogen-bond donors (Lipinski definition) is 0. The van der Waals surface area contributed by atoms with Gasteiger partial charge in [0.1, 0.15) is 0 Å². The number of benzene rings is 1. The highest BCUT2D eigenvalue weighted by Gasteiger charge is 2.01. The number of ether oxygens (including phenoxy) is 1. The third-order valence-corrected chi connectivity index (χ3v) is 3.48. The van der Waals surface area contributed by atoms with E-state index in [1.54, 1.807) is 6.92 Å². The van der Waals surface area contributed by atoms with Gasteiger partial charge in [-0.1, -0.05) is 24.8 Å². The van der Waals surface area contributed by atoms with Gasteiger partial charge in [0.2, 0.25) is 0 Å². The molecule has 0 amide bonds. The number of carbonyl (C=O) groups is 1. The van der Waals surface area contributed by atoms with Crippen molar-refractivity contribution in [2.75, 3.05) is 12.4 Å². The summed E-state index contributed by atoms with van der Waals surface area (Å²) in [5.74, 6) is 0.826. The van der Waals surface area contributed by atoms with Crippen molar-refractivity contribution in [1.29, 1.82) is 0 Å². The highest BCUT2D eigenvalue weighted by molar-refractivity contribution is 7.99. The Morgan fingerprint density at radius 1 is 1.22 bits per heavy atom. The van der Waals surface area contributed by atoms with E-state index in [4.69, 9.17) is 4.74 Å². The summed E-state index contributed by atoms with van der Waals surface area (Å²) in [7, 11) is 0. The molecule has 0 heterocycles. The lowest BCUT2D eigenvalue weighted by Crippen LogP contribution is -2.06. The SMILES string of the molecule is C=C(C)C(=O)OCCCCCSc1ccccc1. The number of carbonyl (C=O) groups excluding carboxylic acids is 1. The second kappa shape index (κ2) is 8.81. The Morgan fingerprint density at radius 2 is 1.94 bits per heavy atom. The first kappa shape index (κ1) is 14.8. The number of hydrogen-bond acceptors (Lipinski definition) is 3. The number of unbranched alkanes of at least 4 members (excludes halogenated alkanes) is 2. The summed E-state index contributed by atoms with van der Waals surface area (Å²) in [4.78, 5) is 12.4. The van der Waals surface area contributed by atoms with E-state index >= 15 is 0 Å². The molecule has 1 rings (SSSR count). The first-order chi connectivity index (χ1) is 8.70. The molecular formula is C15H20O2S. The zero-order chi connectivity index (χ0) is 13.2. The standard InChI is InChI=1S/C15H20O2S/c1-13(2)15(16)17-11-7-4-8-12-18-14-9-5-3-6-10-14/h3,5-6,9-10H,1,4,7-8,11-12H2,2H3. The molecule has 0 aromatic heterocycles. The molecule has 0 aliphatic carbocycles. The normalized spacial score (nSPS) is 10.1. The maximum atomic E-state index is 11.1. The van der Waals surface area contributed by atoms with Crippen LogP contribution in [0.5, 0.6) is 0 Å². The predicted octanol–water partition coefficient (Wildman–Crippen LogP) is 4.07. The van der Waals surface area contributed by atoms with E-state index in [1.807, 2.05) is 17.8 Å². The van der Waals surface area contributed by atoms with E-state index in [9.17, 15) is 4.79 Å². The molecular weight excluding hydrogens is 244 g/mol. The molecule has 3 heteroatoms. The van der Waals surface area contributed by atoms with Crippen LogP contribution in [-0.2, 0) is 9.53 Å². The van der Waals surface area contributed by atoms with E-state index in [0.29, 0.717) is 12.2 Å². The first-order valence-corrected chi connectivity index (χ1v) is 7.19. The smallest absolute Gasteiger partial charge is 0.333 e. The lowest BCUT2D eigenvalue weighted by Gasteiger charge is -2.04. The summed E-state index contributed by atoms with van der Waals surface area (Å²) in [6, 6.07) is 10.4. The van der Waals surface area contributed by atoms with E-state index < -0.39 is 0 Å². The van der Waals surface area contributed by atoms with Gasteiger partial charge in [0, 0.05) is 10.5 Å². The maximum Gasteiger partial charge on any atom is 0.333 e. The molecule has 0 fully saturated rings. The van der Waals surface area contributed by atoms with Gasteiger partial charge in [0.25, 0.3) is 0 Å². The molecule has 0 spiro atoms. The quantitative estimate of drug-likeness (QED) is 0.306. The van der Waals surface area contributed by atoms with Crippen molar-refractivity contribution >= 4 is 17.7 Å². The van der Waals surface area contributed by atoms with E-state index in [1.165, 1.54) is 4.90 Å². The summed E-state index contributed by atoms with van der Waals surface area (Å²) in [6.45, 7) is 5.71. The summed E-state index contributed by atoms with van der Waals surface area (Å²) in [6.07, 6.45) is 3.15. The number of rotatable bonds is 8. The van der Waals surface area contributed by atoms with Crippen LogP contribution in [0, 0.1) is 0 Å². The van der Waals surface area contributed by atoms with Crippen molar-refractivity contribution in [3.63, 3.8) is 0 Å². The fraction of sp³-hybridized carbons (Fsp3) is 0.400. The van der Waals surface area contributed by atoms with Crippen LogP contribution in [0.2, 0.25) is 0 Å². The second-order valence-corrected chi connectivity index (χ2v) is 5.31. The molecule has 0 radical (unpaired) electrons. The monoisotopic (exact) mass is 264 g/mol. The summed E-state index contributed by atoms with van der Waals surface area (Å²) < 4.78 is 5.02. The summed E-state index contributed by atoms with van der Waals surface area (Å²) in [5.41, 5.74) is 0.467. The average molecular weight is 264 g/mol. The van der Waals surface area contributed by atoms with Crippen LogP contribution in [0.4, 0.5) is 0 Å². The van der Waals surface area contributed by atoms with Crippen molar-refractivity contribution in [2.45, 2.75) is 31.1 Å². The molecule has 0 bridgehead atoms.